The first-order valence-electron chi connectivity index (χ1n) is 6.17. The minimum Gasteiger partial charge on any atom is -0.345 e. The fourth-order valence-corrected chi connectivity index (χ4v) is 2.34. The zero-order chi connectivity index (χ0) is 14.8. The summed E-state index contributed by atoms with van der Waals surface area (Å²) in [4.78, 5) is 12.1. The summed E-state index contributed by atoms with van der Waals surface area (Å²) in [6.45, 7) is 0.289. The molecule has 1 N–H and O–H groups in total. The van der Waals surface area contributed by atoms with Gasteiger partial charge < -0.3 is 5.32 Å². The Hall–Kier alpha value is -1.92. The van der Waals surface area contributed by atoms with Crippen LogP contribution in [0.5, 0.6) is 0 Å². The molecular weight excluding hydrogens is 356 g/mol. The Bertz CT molecular complexity index is 818. The van der Waals surface area contributed by atoms with Gasteiger partial charge in [0.2, 0.25) is 0 Å². The molecule has 0 spiro atoms. The number of rotatable bonds is 3. The third-order valence-corrected chi connectivity index (χ3v) is 4.21. The molecule has 1 aromatic carbocycles. The highest BCUT2D eigenvalue weighted by Crippen LogP contribution is 2.23. The molecule has 0 bridgehead atoms. The van der Waals surface area contributed by atoms with Gasteiger partial charge in [-0.15, -0.1) is 10.2 Å². The fraction of sp³-hybridized carbons (Fsp3) is 0.0714. The van der Waals surface area contributed by atoms with E-state index in [9.17, 15) is 4.79 Å². The Morgan fingerprint density at radius 3 is 2.95 bits per heavy atom. The molecule has 3 aromatic rings. The summed E-state index contributed by atoms with van der Waals surface area (Å²) in [5, 5.41) is 11.4. The average molecular weight is 366 g/mol. The van der Waals surface area contributed by atoms with E-state index in [0.717, 1.165) is 10.1 Å². The van der Waals surface area contributed by atoms with Crippen LogP contribution in [0, 0.1) is 0 Å². The van der Waals surface area contributed by atoms with Crippen LogP contribution in [0.15, 0.2) is 47.1 Å². The molecule has 3 rings (SSSR count). The van der Waals surface area contributed by atoms with Crippen molar-refractivity contribution in [1.29, 1.82) is 0 Å². The van der Waals surface area contributed by atoms with Crippen LogP contribution in [-0.2, 0) is 6.54 Å². The molecule has 7 heteroatoms. The van der Waals surface area contributed by atoms with E-state index in [1.165, 1.54) is 0 Å². The van der Waals surface area contributed by atoms with Crippen LogP contribution < -0.4 is 5.32 Å². The summed E-state index contributed by atoms with van der Waals surface area (Å²) in [6, 6.07) is 10.7. The number of hydrogen-bond acceptors (Lipinski definition) is 3. The second-order valence-electron chi connectivity index (χ2n) is 4.36. The molecule has 0 aliphatic rings. The van der Waals surface area contributed by atoms with Crippen molar-refractivity contribution >= 4 is 39.1 Å². The van der Waals surface area contributed by atoms with Crippen LogP contribution in [0.3, 0.4) is 0 Å². The summed E-state index contributed by atoms with van der Waals surface area (Å²) in [5.74, 6) is 0.458. The third kappa shape index (κ3) is 2.91. The van der Waals surface area contributed by atoms with Crippen molar-refractivity contribution in [3.63, 3.8) is 0 Å². The monoisotopic (exact) mass is 364 g/mol. The van der Waals surface area contributed by atoms with E-state index in [2.05, 4.69) is 31.4 Å². The lowest BCUT2D eigenvalue weighted by atomic mass is 10.2. The molecule has 0 atom stereocenters. The second kappa shape index (κ2) is 5.83. The fourth-order valence-electron chi connectivity index (χ4n) is 1.91. The van der Waals surface area contributed by atoms with E-state index in [1.54, 1.807) is 18.2 Å². The van der Waals surface area contributed by atoms with Crippen molar-refractivity contribution < 1.29 is 4.79 Å². The lowest BCUT2D eigenvalue weighted by molar-refractivity contribution is 0.0950. The van der Waals surface area contributed by atoms with E-state index in [1.807, 2.05) is 28.8 Å². The third-order valence-electron chi connectivity index (χ3n) is 2.97. The van der Waals surface area contributed by atoms with Gasteiger partial charge in [-0.3, -0.25) is 9.20 Å². The Morgan fingerprint density at radius 1 is 1.29 bits per heavy atom. The van der Waals surface area contributed by atoms with Gasteiger partial charge in [-0.25, -0.2) is 0 Å². The lowest BCUT2D eigenvalue weighted by Gasteiger charge is -2.05. The summed E-state index contributed by atoms with van der Waals surface area (Å²) >= 11 is 9.27. The summed E-state index contributed by atoms with van der Waals surface area (Å²) in [5.41, 5.74) is 1.24. The minimum absolute atomic E-state index is 0.211. The van der Waals surface area contributed by atoms with Gasteiger partial charge in [-0.2, -0.15) is 0 Å². The smallest absolute Gasteiger partial charge is 0.251 e. The number of nitrogens with zero attached hydrogens (tertiary/aromatic N) is 3. The van der Waals surface area contributed by atoms with E-state index in [4.69, 9.17) is 11.6 Å². The van der Waals surface area contributed by atoms with Crippen molar-refractivity contribution in [2.24, 2.45) is 0 Å². The minimum atomic E-state index is -0.211. The first-order chi connectivity index (χ1) is 10.1. The maximum Gasteiger partial charge on any atom is 0.251 e. The van der Waals surface area contributed by atoms with E-state index < -0.39 is 0 Å². The molecule has 2 aromatic heterocycles. The maximum atomic E-state index is 12.1. The number of benzene rings is 1. The zero-order valence-corrected chi connectivity index (χ0v) is 13.1. The van der Waals surface area contributed by atoms with Gasteiger partial charge in [0.05, 0.1) is 11.6 Å². The average Bonchev–Trinajstić information content (AvgIpc) is 2.91. The van der Waals surface area contributed by atoms with Gasteiger partial charge in [0.1, 0.15) is 0 Å². The van der Waals surface area contributed by atoms with Crippen molar-refractivity contribution in [2.75, 3.05) is 0 Å². The van der Waals surface area contributed by atoms with Gasteiger partial charge in [-0.1, -0.05) is 17.7 Å². The SMILES string of the molecule is O=C(NCc1nnc2ccccn12)c1ccc(Br)c(Cl)c1. The quantitative estimate of drug-likeness (QED) is 0.776. The zero-order valence-electron chi connectivity index (χ0n) is 10.8. The number of hydrogen-bond donors (Lipinski definition) is 1. The number of aromatic nitrogens is 3. The van der Waals surface area contributed by atoms with Gasteiger partial charge >= 0.3 is 0 Å². The normalized spacial score (nSPS) is 10.8. The maximum absolute atomic E-state index is 12.1. The van der Waals surface area contributed by atoms with E-state index in [0.29, 0.717) is 16.4 Å². The number of halogens is 2. The molecule has 106 valence electrons. The molecule has 0 saturated heterocycles. The van der Waals surface area contributed by atoms with Crippen molar-refractivity contribution in [2.45, 2.75) is 6.54 Å². The van der Waals surface area contributed by atoms with Gasteiger partial charge in [0.25, 0.3) is 5.91 Å². The number of pyridine rings is 1. The molecule has 0 unspecified atom stereocenters. The first kappa shape index (κ1) is 14.0. The first-order valence-corrected chi connectivity index (χ1v) is 7.34. The molecule has 2 heterocycles. The van der Waals surface area contributed by atoms with Crippen LogP contribution in [0.1, 0.15) is 16.2 Å². The predicted octanol–water partition coefficient (Wildman–Crippen LogP) is 3.08. The standard InChI is InChI=1S/C14H10BrClN4O/c15-10-5-4-9(7-11(10)16)14(21)17-8-13-19-18-12-3-1-2-6-20(12)13/h1-7H,8H2,(H,17,21). The van der Waals surface area contributed by atoms with E-state index >= 15 is 0 Å². The molecular formula is C14H10BrClN4O. The molecule has 0 fully saturated rings. The van der Waals surface area contributed by atoms with Crippen LogP contribution in [0.4, 0.5) is 0 Å². The molecule has 0 radical (unpaired) electrons. The molecule has 5 nitrogen and oxygen atoms in total. The highest BCUT2D eigenvalue weighted by molar-refractivity contribution is 9.10. The van der Waals surface area contributed by atoms with Crippen LogP contribution in [0.2, 0.25) is 5.02 Å². The Kier molecular flexibility index (Phi) is 3.90. The number of carbonyl (C=O) groups is 1. The number of carbonyl (C=O) groups excluding carboxylic acids is 1. The number of amides is 1. The summed E-state index contributed by atoms with van der Waals surface area (Å²) < 4.78 is 2.58. The molecule has 0 saturated carbocycles. The van der Waals surface area contributed by atoms with Crippen LogP contribution in [0.25, 0.3) is 5.65 Å². The van der Waals surface area contributed by atoms with Crippen LogP contribution in [-0.4, -0.2) is 20.5 Å². The van der Waals surface area contributed by atoms with Crippen molar-refractivity contribution in [1.82, 2.24) is 19.9 Å². The Morgan fingerprint density at radius 2 is 2.14 bits per heavy atom. The molecule has 1 amide bonds. The number of fused-ring (bicyclic) bond motifs is 1. The summed E-state index contributed by atoms with van der Waals surface area (Å²) in [7, 11) is 0. The highest BCUT2D eigenvalue weighted by Gasteiger charge is 2.10. The predicted molar refractivity (Wildman–Crippen MR) is 83.3 cm³/mol. The Labute approximate surface area is 134 Å². The Balaban J connectivity index is 1.75. The molecule has 0 aliphatic carbocycles. The highest BCUT2D eigenvalue weighted by atomic mass is 79.9. The van der Waals surface area contributed by atoms with Crippen LogP contribution >= 0.6 is 27.5 Å². The topological polar surface area (TPSA) is 59.3 Å². The molecule has 21 heavy (non-hydrogen) atoms. The van der Waals surface area contributed by atoms with Gasteiger partial charge in [0, 0.05) is 16.2 Å². The largest absolute Gasteiger partial charge is 0.345 e. The molecule has 0 aliphatic heterocycles. The summed E-state index contributed by atoms with van der Waals surface area (Å²) in [6.07, 6.45) is 1.85. The lowest BCUT2D eigenvalue weighted by Crippen LogP contribution is -2.24. The van der Waals surface area contributed by atoms with Crippen molar-refractivity contribution in [3.8, 4) is 0 Å². The number of nitrogens with one attached hydrogen (secondary N) is 1. The van der Waals surface area contributed by atoms with E-state index in [-0.39, 0.29) is 12.5 Å². The van der Waals surface area contributed by atoms with Gasteiger partial charge in [-0.05, 0) is 46.3 Å². The van der Waals surface area contributed by atoms with Crippen molar-refractivity contribution in [3.05, 3.63) is 63.5 Å². The van der Waals surface area contributed by atoms with Gasteiger partial charge in [0.15, 0.2) is 11.5 Å². The second-order valence-corrected chi connectivity index (χ2v) is 5.62.